The average molecular weight is 585 g/mol. The molecule has 1 amide bonds. The van der Waals surface area contributed by atoms with E-state index < -0.39 is 0 Å². The Morgan fingerprint density at radius 3 is 2.18 bits per heavy atom. The normalized spacial score (nSPS) is 15.8. The summed E-state index contributed by atoms with van der Waals surface area (Å²) in [6.45, 7) is 8.58. The van der Waals surface area contributed by atoms with Gasteiger partial charge in [-0.3, -0.25) is 4.90 Å². The molecule has 1 aliphatic carbocycles. The van der Waals surface area contributed by atoms with Crippen LogP contribution < -0.4 is 0 Å². The Bertz CT molecular complexity index is 1190. The molecule has 0 unspecified atom stereocenters. The SMILES string of the molecule is Cc1c(I)cc(CN2CCN(C(=O)OCC3c4ccccc4-c4ccccc43)CC2)c(C)c1S. The van der Waals surface area contributed by atoms with Crippen molar-refractivity contribution in [2.75, 3.05) is 32.8 Å². The zero-order valence-electron chi connectivity index (χ0n) is 19.6. The van der Waals surface area contributed by atoms with Crippen LogP contribution in [0.2, 0.25) is 0 Å². The summed E-state index contributed by atoms with van der Waals surface area (Å²) in [5.41, 5.74) is 8.79. The van der Waals surface area contributed by atoms with Gasteiger partial charge in [-0.1, -0.05) is 48.5 Å². The van der Waals surface area contributed by atoms with Crippen LogP contribution in [0.15, 0.2) is 59.5 Å². The molecule has 1 fully saturated rings. The molecule has 3 aromatic carbocycles. The lowest BCUT2D eigenvalue weighted by atomic mass is 9.98. The van der Waals surface area contributed by atoms with E-state index in [0.717, 1.165) is 24.5 Å². The Balaban J connectivity index is 1.18. The van der Waals surface area contributed by atoms with E-state index in [2.05, 4.69) is 95.9 Å². The number of hydrogen-bond acceptors (Lipinski definition) is 4. The number of amides is 1. The van der Waals surface area contributed by atoms with Gasteiger partial charge in [-0.05, 0) is 81.4 Å². The zero-order chi connectivity index (χ0) is 23.8. The number of benzene rings is 3. The number of thiol groups is 1. The summed E-state index contributed by atoms with van der Waals surface area (Å²) in [6, 6.07) is 19.1. The van der Waals surface area contributed by atoms with E-state index in [1.807, 2.05) is 4.90 Å². The van der Waals surface area contributed by atoms with Crippen LogP contribution in [0.25, 0.3) is 11.1 Å². The molecule has 0 spiro atoms. The number of carbonyl (C=O) groups is 1. The van der Waals surface area contributed by atoms with Crippen molar-refractivity contribution in [3.05, 3.63) is 86.0 Å². The number of halogens is 1. The third kappa shape index (κ3) is 4.48. The van der Waals surface area contributed by atoms with E-state index >= 15 is 0 Å². The number of rotatable bonds is 4. The first kappa shape index (κ1) is 23.7. The fraction of sp³-hybridized carbons (Fsp3) is 0.321. The van der Waals surface area contributed by atoms with Gasteiger partial charge in [0.15, 0.2) is 0 Å². The van der Waals surface area contributed by atoms with E-state index in [4.69, 9.17) is 17.4 Å². The number of hydrogen-bond donors (Lipinski definition) is 1. The van der Waals surface area contributed by atoms with Gasteiger partial charge in [0.1, 0.15) is 6.61 Å². The van der Waals surface area contributed by atoms with Crippen molar-refractivity contribution >= 4 is 41.3 Å². The molecular weight excluding hydrogens is 555 g/mol. The van der Waals surface area contributed by atoms with Gasteiger partial charge in [0.25, 0.3) is 0 Å². The molecule has 4 nitrogen and oxygen atoms in total. The van der Waals surface area contributed by atoms with E-state index in [1.165, 1.54) is 42.5 Å². The quantitative estimate of drug-likeness (QED) is 0.290. The van der Waals surface area contributed by atoms with Gasteiger partial charge in [0, 0.05) is 47.1 Å². The molecule has 6 heteroatoms. The average Bonchev–Trinajstić information content (AvgIpc) is 3.18. The highest BCUT2D eigenvalue weighted by molar-refractivity contribution is 14.1. The predicted octanol–water partition coefficient (Wildman–Crippen LogP) is 6.26. The second-order valence-electron chi connectivity index (χ2n) is 9.18. The summed E-state index contributed by atoms with van der Waals surface area (Å²) < 4.78 is 7.10. The lowest BCUT2D eigenvalue weighted by Crippen LogP contribution is -2.48. The highest BCUT2D eigenvalue weighted by Crippen LogP contribution is 2.44. The summed E-state index contributed by atoms with van der Waals surface area (Å²) in [6.07, 6.45) is -0.208. The van der Waals surface area contributed by atoms with Crippen LogP contribution in [0.5, 0.6) is 0 Å². The summed E-state index contributed by atoms with van der Waals surface area (Å²) in [7, 11) is 0. The fourth-order valence-corrected chi connectivity index (χ4v) is 6.22. The molecule has 1 aliphatic heterocycles. The topological polar surface area (TPSA) is 32.8 Å². The molecule has 0 aromatic heterocycles. The van der Waals surface area contributed by atoms with Gasteiger partial charge >= 0.3 is 6.09 Å². The Morgan fingerprint density at radius 1 is 0.971 bits per heavy atom. The Hall–Kier alpha value is -2.03. The number of nitrogens with zero attached hydrogens (tertiary/aromatic N) is 2. The molecule has 0 atom stereocenters. The smallest absolute Gasteiger partial charge is 0.409 e. The first-order chi connectivity index (χ1) is 16.4. The predicted molar refractivity (Wildman–Crippen MR) is 148 cm³/mol. The third-order valence-corrected chi connectivity index (χ3v) is 9.00. The summed E-state index contributed by atoms with van der Waals surface area (Å²) in [4.78, 5) is 18.2. The Kier molecular flexibility index (Phi) is 6.91. The van der Waals surface area contributed by atoms with E-state index in [0.29, 0.717) is 19.7 Å². The van der Waals surface area contributed by atoms with Crippen molar-refractivity contribution < 1.29 is 9.53 Å². The standard InChI is InChI=1S/C28H29IN2O2S/c1-18-20(15-26(29)19(2)27(18)34)16-30-11-13-31(14-12-30)28(32)33-17-25-23-9-5-3-7-21(23)22-8-4-6-10-24(22)25/h3-10,15,25,34H,11-14,16-17H2,1-2H3. The molecule has 1 saturated heterocycles. The van der Waals surface area contributed by atoms with Gasteiger partial charge in [-0.2, -0.15) is 0 Å². The van der Waals surface area contributed by atoms with Gasteiger partial charge < -0.3 is 9.64 Å². The molecule has 34 heavy (non-hydrogen) atoms. The maximum Gasteiger partial charge on any atom is 0.409 e. The summed E-state index contributed by atoms with van der Waals surface area (Å²) >= 11 is 7.10. The number of ether oxygens (including phenoxy) is 1. The fourth-order valence-electron chi connectivity index (χ4n) is 5.09. The number of fused-ring (bicyclic) bond motifs is 3. The Labute approximate surface area is 220 Å². The monoisotopic (exact) mass is 584 g/mol. The number of carbonyl (C=O) groups excluding carboxylic acids is 1. The minimum atomic E-state index is -0.208. The molecule has 0 saturated carbocycles. The van der Waals surface area contributed by atoms with E-state index in [-0.39, 0.29) is 12.0 Å². The maximum atomic E-state index is 12.9. The van der Waals surface area contributed by atoms with Crippen LogP contribution in [-0.2, 0) is 11.3 Å². The van der Waals surface area contributed by atoms with Crippen molar-refractivity contribution in [3.8, 4) is 11.1 Å². The van der Waals surface area contributed by atoms with Gasteiger partial charge in [-0.15, -0.1) is 12.6 Å². The lowest BCUT2D eigenvalue weighted by molar-refractivity contribution is 0.0728. The van der Waals surface area contributed by atoms with Gasteiger partial charge in [-0.25, -0.2) is 4.79 Å². The minimum Gasteiger partial charge on any atom is -0.448 e. The molecule has 0 N–H and O–H groups in total. The highest BCUT2D eigenvalue weighted by Gasteiger charge is 2.30. The van der Waals surface area contributed by atoms with Crippen LogP contribution in [0.1, 0.15) is 33.7 Å². The first-order valence-corrected chi connectivity index (χ1v) is 13.3. The third-order valence-electron chi connectivity index (χ3n) is 7.21. The minimum absolute atomic E-state index is 0.0973. The van der Waals surface area contributed by atoms with E-state index in [9.17, 15) is 4.79 Å². The Morgan fingerprint density at radius 2 is 1.56 bits per heavy atom. The van der Waals surface area contributed by atoms with Crippen LogP contribution in [0, 0.1) is 17.4 Å². The molecule has 5 rings (SSSR count). The first-order valence-electron chi connectivity index (χ1n) is 11.7. The molecule has 3 aromatic rings. The molecule has 0 radical (unpaired) electrons. The number of piperazine rings is 1. The second-order valence-corrected chi connectivity index (χ2v) is 10.8. The lowest BCUT2D eigenvalue weighted by Gasteiger charge is -2.34. The van der Waals surface area contributed by atoms with Crippen LogP contribution in [0.4, 0.5) is 4.79 Å². The largest absolute Gasteiger partial charge is 0.448 e. The van der Waals surface area contributed by atoms with Crippen LogP contribution in [-0.4, -0.2) is 48.7 Å². The molecule has 2 aliphatic rings. The van der Waals surface area contributed by atoms with Crippen molar-refractivity contribution in [1.29, 1.82) is 0 Å². The van der Waals surface area contributed by atoms with Gasteiger partial charge in [0.2, 0.25) is 0 Å². The van der Waals surface area contributed by atoms with Crippen molar-refractivity contribution in [3.63, 3.8) is 0 Å². The van der Waals surface area contributed by atoms with Crippen LogP contribution >= 0.6 is 35.2 Å². The van der Waals surface area contributed by atoms with E-state index in [1.54, 1.807) is 0 Å². The highest BCUT2D eigenvalue weighted by atomic mass is 127. The summed E-state index contributed by atoms with van der Waals surface area (Å²) in [5.74, 6) is 0.0973. The van der Waals surface area contributed by atoms with Crippen molar-refractivity contribution in [2.24, 2.45) is 0 Å². The van der Waals surface area contributed by atoms with Crippen molar-refractivity contribution in [2.45, 2.75) is 31.2 Å². The zero-order valence-corrected chi connectivity index (χ0v) is 22.6. The second kappa shape index (κ2) is 9.91. The maximum absolute atomic E-state index is 12.9. The molecule has 1 heterocycles. The molecule has 176 valence electrons. The van der Waals surface area contributed by atoms with Crippen molar-refractivity contribution in [1.82, 2.24) is 9.80 Å². The summed E-state index contributed by atoms with van der Waals surface area (Å²) in [5, 5.41) is 0. The van der Waals surface area contributed by atoms with Gasteiger partial charge in [0.05, 0.1) is 0 Å². The molecular formula is C28H29IN2O2S. The van der Waals surface area contributed by atoms with Crippen LogP contribution in [0.3, 0.4) is 0 Å². The molecule has 0 bridgehead atoms.